The molecule has 3 N–H and O–H groups in total. The average Bonchev–Trinajstić information content (AvgIpc) is 2.70. The molecule has 0 saturated carbocycles. The number of aromatic hydroxyl groups is 1. The molecule has 0 saturated heterocycles. The molecule has 1 aliphatic heterocycles. The fraction of sp³-hybridized carbons (Fsp3) is 0.136. The number of phenolic OH excluding ortho intramolecular Hbond substituents is 1. The minimum Gasteiger partial charge on any atom is -0.508 e. The van der Waals surface area contributed by atoms with Crippen molar-refractivity contribution >= 4 is 28.8 Å². The lowest BCUT2D eigenvalue weighted by molar-refractivity contribution is -0.139. The maximum absolute atomic E-state index is 12.7. The molecule has 0 radical (unpaired) electrons. The Labute approximate surface area is 167 Å². The van der Waals surface area contributed by atoms with E-state index in [-0.39, 0.29) is 30.0 Å². The number of carbonyl (C=O) groups excluding carboxylic acids is 2. The third-order valence-corrected chi connectivity index (χ3v) is 4.30. The molecule has 1 heterocycles. The first-order valence-electron chi connectivity index (χ1n) is 8.87. The van der Waals surface area contributed by atoms with E-state index in [0.717, 1.165) is 5.69 Å². The van der Waals surface area contributed by atoms with Crippen molar-refractivity contribution in [3.05, 3.63) is 71.3 Å². The maximum Gasteiger partial charge on any atom is 0.333 e. The van der Waals surface area contributed by atoms with Gasteiger partial charge in [-0.1, -0.05) is 24.8 Å². The van der Waals surface area contributed by atoms with Gasteiger partial charge in [-0.15, -0.1) is 0 Å². The fourth-order valence-electron chi connectivity index (χ4n) is 2.96. The molecule has 0 aromatic heterocycles. The van der Waals surface area contributed by atoms with Crippen molar-refractivity contribution in [1.82, 2.24) is 5.32 Å². The highest BCUT2D eigenvalue weighted by Gasteiger charge is 2.26. The molecule has 1 amide bonds. The van der Waals surface area contributed by atoms with Crippen LogP contribution in [0.4, 0.5) is 11.4 Å². The van der Waals surface area contributed by atoms with Gasteiger partial charge < -0.3 is 20.5 Å². The van der Waals surface area contributed by atoms with E-state index in [4.69, 9.17) is 4.74 Å². The van der Waals surface area contributed by atoms with Crippen LogP contribution in [0.25, 0.3) is 5.57 Å². The summed E-state index contributed by atoms with van der Waals surface area (Å²) in [5.74, 6) is -1.05. The number of nitrogens with one attached hydrogen (secondary N) is 2. The summed E-state index contributed by atoms with van der Waals surface area (Å²) in [5.41, 5.74) is 3.30. The van der Waals surface area contributed by atoms with Crippen molar-refractivity contribution in [2.45, 2.75) is 6.92 Å². The van der Waals surface area contributed by atoms with Crippen LogP contribution < -0.4 is 10.6 Å². The fourth-order valence-corrected chi connectivity index (χ4v) is 2.96. The van der Waals surface area contributed by atoms with Crippen molar-refractivity contribution in [2.75, 3.05) is 18.5 Å². The Bertz CT molecular complexity index is 1080. The van der Waals surface area contributed by atoms with E-state index in [1.807, 2.05) is 30.3 Å². The Morgan fingerprint density at radius 3 is 2.66 bits per heavy atom. The molecule has 29 heavy (non-hydrogen) atoms. The SMILES string of the molecule is C=C(C)C(=O)OCCNC(=O)/C(C#N)=C1/c2ccccc2Nc2cc(O)ccc21. The standard InChI is InChI=1S/C22H19N3O4/c1-13(2)22(28)29-10-9-24-21(27)17(12-23)20-15-5-3-4-6-18(15)25-19-11-14(26)7-8-16(19)20/h3-8,11,25-26H,1,9-10H2,2H3,(H,24,27)/b20-17-. The number of hydrogen-bond donors (Lipinski definition) is 3. The van der Waals surface area contributed by atoms with Gasteiger partial charge in [0.2, 0.25) is 0 Å². The Hall–Kier alpha value is -4.05. The lowest BCUT2D eigenvalue weighted by Crippen LogP contribution is -2.30. The van der Waals surface area contributed by atoms with E-state index in [1.54, 1.807) is 6.07 Å². The summed E-state index contributed by atoms with van der Waals surface area (Å²) in [6, 6.07) is 14.0. The molecule has 0 aliphatic carbocycles. The van der Waals surface area contributed by atoms with Gasteiger partial charge in [0.15, 0.2) is 0 Å². The second-order valence-corrected chi connectivity index (χ2v) is 6.43. The normalized spacial score (nSPS) is 13.1. The van der Waals surface area contributed by atoms with E-state index in [9.17, 15) is 20.0 Å². The Morgan fingerprint density at radius 2 is 1.93 bits per heavy atom. The highest BCUT2D eigenvalue weighted by Crippen LogP contribution is 2.43. The average molecular weight is 389 g/mol. The number of amides is 1. The first-order chi connectivity index (χ1) is 13.9. The van der Waals surface area contributed by atoms with Crippen LogP contribution in [-0.2, 0) is 14.3 Å². The molecular formula is C22H19N3O4. The Morgan fingerprint density at radius 1 is 1.21 bits per heavy atom. The molecule has 1 aliphatic rings. The van der Waals surface area contributed by atoms with Gasteiger partial charge in [-0.25, -0.2) is 4.79 Å². The number of phenols is 1. The number of fused-ring (bicyclic) bond motifs is 2. The van der Waals surface area contributed by atoms with E-state index in [0.29, 0.717) is 22.4 Å². The summed E-state index contributed by atoms with van der Waals surface area (Å²) >= 11 is 0. The topological polar surface area (TPSA) is 111 Å². The van der Waals surface area contributed by atoms with Crippen LogP contribution in [0.5, 0.6) is 5.75 Å². The smallest absolute Gasteiger partial charge is 0.333 e. The Balaban J connectivity index is 1.93. The number of nitriles is 1. The van der Waals surface area contributed by atoms with Crippen LogP contribution in [0.1, 0.15) is 18.1 Å². The lowest BCUT2D eigenvalue weighted by Gasteiger charge is -2.25. The zero-order chi connectivity index (χ0) is 21.0. The number of carbonyl (C=O) groups is 2. The van der Waals surface area contributed by atoms with Crippen LogP contribution in [0.3, 0.4) is 0 Å². The summed E-state index contributed by atoms with van der Waals surface area (Å²) in [4.78, 5) is 24.1. The molecule has 0 unspecified atom stereocenters. The van der Waals surface area contributed by atoms with E-state index >= 15 is 0 Å². The van der Waals surface area contributed by atoms with Crippen molar-refractivity contribution in [2.24, 2.45) is 0 Å². The van der Waals surface area contributed by atoms with Gasteiger partial charge in [0, 0.05) is 34.0 Å². The second kappa shape index (κ2) is 8.31. The highest BCUT2D eigenvalue weighted by atomic mass is 16.5. The Kier molecular flexibility index (Phi) is 5.65. The first kappa shape index (κ1) is 19.7. The van der Waals surface area contributed by atoms with Crippen molar-refractivity contribution in [3.8, 4) is 11.8 Å². The van der Waals surface area contributed by atoms with Crippen LogP contribution in [0.2, 0.25) is 0 Å². The van der Waals surface area contributed by atoms with Gasteiger partial charge in [-0.3, -0.25) is 4.79 Å². The van der Waals surface area contributed by atoms with Crippen LogP contribution >= 0.6 is 0 Å². The van der Waals surface area contributed by atoms with Crippen LogP contribution in [0, 0.1) is 11.3 Å². The van der Waals surface area contributed by atoms with Crippen LogP contribution in [-0.4, -0.2) is 30.1 Å². The van der Waals surface area contributed by atoms with Gasteiger partial charge in [0.25, 0.3) is 5.91 Å². The molecule has 2 aromatic carbocycles. The van der Waals surface area contributed by atoms with Crippen LogP contribution in [0.15, 0.2) is 60.2 Å². The minimum absolute atomic E-state index is 0.0337. The minimum atomic E-state index is -0.579. The molecule has 2 aromatic rings. The zero-order valence-corrected chi connectivity index (χ0v) is 15.8. The molecule has 0 fully saturated rings. The zero-order valence-electron chi connectivity index (χ0n) is 15.8. The highest BCUT2D eigenvalue weighted by molar-refractivity contribution is 6.12. The molecule has 7 heteroatoms. The predicted molar refractivity (Wildman–Crippen MR) is 108 cm³/mol. The van der Waals surface area contributed by atoms with E-state index in [1.165, 1.54) is 19.1 Å². The van der Waals surface area contributed by atoms with E-state index < -0.39 is 11.9 Å². The number of hydrogen-bond acceptors (Lipinski definition) is 6. The van der Waals surface area contributed by atoms with Crippen molar-refractivity contribution < 1.29 is 19.4 Å². The van der Waals surface area contributed by atoms with Gasteiger partial charge in [-0.2, -0.15) is 5.26 Å². The largest absolute Gasteiger partial charge is 0.508 e. The summed E-state index contributed by atoms with van der Waals surface area (Å²) in [7, 11) is 0. The molecule has 0 atom stereocenters. The summed E-state index contributed by atoms with van der Waals surface area (Å²) in [6.45, 7) is 5.04. The van der Waals surface area contributed by atoms with Gasteiger partial charge in [0.05, 0.1) is 12.2 Å². The third kappa shape index (κ3) is 4.12. The second-order valence-electron chi connectivity index (χ2n) is 6.43. The number of esters is 1. The number of rotatable bonds is 5. The molecular weight excluding hydrogens is 370 g/mol. The monoisotopic (exact) mass is 389 g/mol. The number of para-hydroxylation sites is 1. The van der Waals surface area contributed by atoms with Gasteiger partial charge in [0.1, 0.15) is 24.0 Å². The number of ether oxygens (including phenoxy) is 1. The molecule has 0 spiro atoms. The number of anilines is 2. The summed E-state index contributed by atoms with van der Waals surface area (Å²) in [5, 5.41) is 25.3. The molecule has 146 valence electrons. The maximum atomic E-state index is 12.7. The predicted octanol–water partition coefficient (Wildman–Crippen LogP) is 3.01. The first-order valence-corrected chi connectivity index (χ1v) is 8.87. The third-order valence-electron chi connectivity index (χ3n) is 4.30. The van der Waals surface area contributed by atoms with Gasteiger partial charge in [-0.05, 0) is 25.1 Å². The van der Waals surface area contributed by atoms with Gasteiger partial charge >= 0.3 is 5.97 Å². The summed E-state index contributed by atoms with van der Waals surface area (Å²) in [6.07, 6.45) is 0. The van der Waals surface area contributed by atoms with Crippen molar-refractivity contribution in [1.29, 1.82) is 5.26 Å². The van der Waals surface area contributed by atoms with E-state index in [2.05, 4.69) is 17.2 Å². The molecule has 7 nitrogen and oxygen atoms in total. The molecule has 0 bridgehead atoms. The number of benzene rings is 2. The quantitative estimate of drug-likeness (QED) is 0.268. The molecule has 3 rings (SSSR count). The van der Waals surface area contributed by atoms with Crippen molar-refractivity contribution in [3.63, 3.8) is 0 Å². The summed E-state index contributed by atoms with van der Waals surface area (Å²) < 4.78 is 4.95. The lowest BCUT2D eigenvalue weighted by atomic mass is 9.87. The number of nitrogens with zero attached hydrogens (tertiary/aromatic N) is 1.